The van der Waals surface area contributed by atoms with Crippen molar-refractivity contribution in [3.05, 3.63) is 12.2 Å². The number of guanidine groups is 1. The smallest absolute Gasteiger partial charge is 0.191 e. The maximum absolute atomic E-state index is 4.35. The molecule has 2 saturated heterocycles. The van der Waals surface area contributed by atoms with Gasteiger partial charge in [-0.15, -0.1) is 0 Å². The minimum absolute atomic E-state index is 0.578. The van der Waals surface area contributed by atoms with Gasteiger partial charge in [0, 0.05) is 31.7 Å². The van der Waals surface area contributed by atoms with Gasteiger partial charge in [0.25, 0.3) is 0 Å². The maximum Gasteiger partial charge on any atom is 0.191 e. The van der Waals surface area contributed by atoms with Crippen LogP contribution < -0.4 is 10.6 Å². The van der Waals surface area contributed by atoms with E-state index in [1.165, 1.54) is 32.1 Å². The molecule has 2 heterocycles. The number of rotatable bonds is 4. The molecule has 4 nitrogen and oxygen atoms in total. The summed E-state index contributed by atoms with van der Waals surface area (Å²) in [6.07, 6.45) is 12.0. The highest BCUT2D eigenvalue weighted by Gasteiger charge is 2.36. The maximum atomic E-state index is 4.35. The molecule has 0 spiro atoms. The Morgan fingerprint density at radius 2 is 2.00 bits per heavy atom. The molecule has 2 bridgehead atoms. The van der Waals surface area contributed by atoms with Crippen LogP contribution in [0, 0.1) is 0 Å². The fraction of sp³-hybridized carbons (Fsp3) is 0.812. The molecular weight excluding hydrogens is 248 g/mol. The van der Waals surface area contributed by atoms with Gasteiger partial charge in [-0.2, -0.15) is 0 Å². The van der Waals surface area contributed by atoms with Gasteiger partial charge in [-0.1, -0.05) is 18.6 Å². The molecular formula is C16H30N4. The average molecular weight is 278 g/mol. The highest BCUT2D eigenvalue weighted by atomic mass is 15.2. The predicted octanol–water partition coefficient (Wildman–Crippen LogP) is 2.13. The van der Waals surface area contributed by atoms with Crippen molar-refractivity contribution in [1.82, 2.24) is 15.5 Å². The summed E-state index contributed by atoms with van der Waals surface area (Å²) in [5.74, 6) is 0.960. The first-order chi connectivity index (χ1) is 9.74. The number of nitrogens with zero attached hydrogens (tertiary/aromatic N) is 2. The van der Waals surface area contributed by atoms with Crippen LogP contribution in [0.15, 0.2) is 17.1 Å². The first kappa shape index (κ1) is 15.4. The summed E-state index contributed by atoms with van der Waals surface area (Å²) in [7, 11) is 4.16. The number of nitrogens with one attached hydrogen (secondary N) is 2. The van der Waals surface area contributed by atoms with Crippen molar-refractivity contribution in [2.75, 3.05) is 20.6 Å². The van der Waals surface area contributed by atoms with Crippen LogP contribution in [0.5, 0.6) is 0 Å². The van der Waals surface area contributed by atoms with E-state index >= 15 is 0 Å². The Kier molecular flexibility index (Phi) is 5.89. The van der Waals surface area contributed by atoms with E-state index in [0.717, 1.165) is 31.0 Å². The topological polar surface area (TPSA) is 39.7 Å². The minimum atomic E-state index is 0.578. The Morgan fingerprint density at radius 3 is 2.60 bits per heavy atom. The molecule has 0 aromatic carbocycles. The van der Waals surface area contributed by atoms with Crippen molar-refractivity contribution in [2.24, 2.45) is 4.99 Å². The molecule has 114 valence electrons. The number of allylic oxidation sites excluding steroid dienone is 1. The zero-order valence-corrected chi connectivity index (χ0v) is 13.2. The highest BCUT2D eigenvalue weighted by molar-refractivity contribution is 5.79. The van der Waals surface area contributed by atoms with Crippen molar-refractivity contribution in [3.8, 4) is 0 Å². The molecule has 2 rings (SSSR count). The monoisotopic (exact) mass is 278 g/mol. The second kappa shape index (κ2) is 7.67. The second-order valence-electron chi connectivity index (χ2n) is 6.07. The minimum Gasteiger partial charge on any atom is -0.356 e. The summed E-state index contributed by atoms with van der Waals surface area (Å²) < 4.78 is 0. The summed E-state index contributed by atoms with van der Waals surface area (Å²) in [5.41, 5.74) is 0. The standard InChI is InChI=1S/C16H30N4/c1-4-5-6-10-18-16(17-2)19-13-11-14-8-7-9-15(12-13)20(14)3/h4-5,13-15H,6-12H2,1-3H3,(H2,17,18,19)/b5-4+. The highest BCUT2D eigenvalue weighted by Crippen LogP contribution is 2.32. The number of hydrogen-bond donors (Lipinski definition) is 2. The fourth-order valence-corrected chi connectivity index (χ4v) is 3.56. The van der Waals surface area contributed by atoms with Crippen LogP contribution in [-0.2, 0) is 0 Å². The molecule has 0 amide bonds. The van der Waals surface area contributed by atoms with Gasteiger partial charge < -0.3 is 15.5 Å². The van der Waals surface area contributed by atoms with Gasteiger partial charge in [0.2, 0.25) is 0 Å². The van der Waals surface area contributed by atoms with Gasteiger partial charge in [-0.3, -0.25) is 4.99 Å². The van der Waals surface area contributed by atoms with Gasteiger partial charge in [-0.25, -0.2) is 0 Å². The molecule has 2 atom stereocenters. The van der Waals surface area contributed by atoms with Crippen LogP contribution in [0.1, 0.15) is 45.4 Å². The van der Waals surface area contributed by atoms with E-state index in [1.807, 2.05) is 7.05 Å². The Morgan fingerprint density at radius 1 is 1.30 bits per heavy atom. The second-order valence-corrected chi connectivity index (χ2v) is 6.07. The quantitative estimate of drug-likeness (QED) is 0.358. The van der Waals surface area contributed by atoms with Crippen molar-refractivity contribution in [3.63, 3.8) is 0 Å². The van der Waals surface area contributed by atoms with Crippen LogP contribution in [0.25, 0.3) is 0 Å². The third kappa shape index (κ3) is 3.98. The molecule has 20 heavy (non-hydrogen) atoms. The Bertz CT molecular complexity index is 336. The molecule has 0 aromatic rings. The molecule has 2 aliphatic heterocycles. The summed E-state index contributed by atoms with van der Waals surface area (Å²) in [5, 5.41) is 7.02. The number of aliphatic imine (C=N–C) groups is 1. The first-order valence-electron chi connectivity index (χ1n) is 8.05. The van der Waals surface area contributed by atoms with Crippen LogP contribution in [0.4, 0.5) is 0 Å². The van der Waals surface area contributed by atoms with Gasteiger partial charge in [0.1, 0.15) is 0 Å². The van der Waals surface area contributed by atoms with Gasteiger partial charge in [0.05, 0.1) is 0 Å². The number of piperidine rings is 2. The molecule has 0 aromatic heterocycles. The SMILES string of the molecule is C/C=C/CCNC(=NC)NC1CC2CCCC(C1)N2C. The van der Waals surface area contributed by atoms with Crippen molar-refractivity contribution < 1.29 is 0 Å². The van der Waals surface area contributed by atoms with E-state index in [2.05, 4.69) is 46.6 Å². The van der Waals surface area contributed by atoms with E-state index in [-0.39, 0.29) is 0 Å². The molecule has 2 fully saturated rings. The molecule has 4 heteroatoms. The third-order valence-corrected chi connectivity index (χ3v) is 4.74. The Hall–Kier alpha value is -1.03. The lowest BCUT2D eigenvalue weighted by molar-refractivity contribution is 0.0526. The number of hydrogen-bond acceptors (Lipinski definition) is 2. The van der Waals surface area contributed by atoms with E-state index in [9.17, 15) is 0 Å². The molecule has 0 aliphatic carbocycles. The molecule has 2 unspecified atom stereocenters. The first-order valence-corrected chi connectivity index (χ1v) is 8.05. The summed E-state index contributed by atoms with van der Waals surface area (Å²) in [4.78, 5) is 6.95. The van der Waals surface area contributed by atoms with E-state index in [1.54, 1.807) is 0 Å². The van der Waals surface area contributed by atoms with E-state index < -0.39 is 0 Å². The lowest BCUT2D eigenvalue weighted by Crippen LogP contribution is -2.56. The molecule has 2 aliphatic rings. The lowest BCUT2D eigenvalue weighted by atomic mass is 9.82. The molecule has 0 saturated carbocycles. The summed E-state index contributed by atoms with van der Waals surface area (Å²) in [6, 6.07) is 2.11. The van der Waals surface area contributed by atoms with Gasteiger partial charge in [-0.05, 0) is 46.1 Å². The van der Waals surface area contributed by atoms with E-state index in [4.69, 9.17) is 0 Å². The normalized spacial score (nSPS) is 31.6. The van der Waals surface area contributed by atoms with E-state index in [0.29, 0.717) is 6.04 Å². The van der Waals surface area contributed by atoms with Crippen LogP contribution in [0.3, 0.4) is 0 Å². The fourth-order valence-electron chi connectivity index (χ4n) is 3.56. The largest absolute Gasteiger partial charge is 0.356 e. The van der Waals surface area contributed by atoms with Crippen molar-refractivity contribution in [2.45, 2.75) is 63.6 Å². The van der Waals surface area contributed by atoms with Gasteiger partial charge >= 0.3 is 0 Å². The van der Waals surface area contributed by atoms with Crippen molar-refractivity contribution in [1.29, 1.82) is 0 Å². The zero-order chi connectivity index (χ0) is 14.4. The third-order valence-electron chi connectivity index (χ3n) is 4.74. The van der Waals surface area contributed by atoms with Crippen LogP contribution in [0.2, 0.25) is 0 Å². The molecule has 2 N–H and O–H groups in total. The zero-order valence-electron chi connectivity index (χ0n) is 13.2. The average Bonchev–Trinajstić information content (AvgIpc) is 2.43. The molecule has 0 radical (unpaired) electrons. The predicted molar refractivity (Wildman–Crippen MR) is 86.1 cm³/mol. The number of fused-ring (bicyclic) bond motifs is 2. The Balaban J connectivity index is 1.80. The van der Waals surface area contributed by atoms with Crippen LogP contribution >= 0.6 is 0 Å². The Labute approximate surface area is 123 Å². The summed E-state index contributed by atoms with van der Waals surface area (Å²) in [6.45, 7) is 3.01. The lowest BCUT2D eigenvalue weighted by Gasteiger charge is -2.47. The van der Waals surface area contributed by atoms with Crippen molar-refractivity contribution >= 4 is 5.96 Å². The van der Waals surface area contributed by atoms with Gasteiger partial charge in [0.15, 0.2) is 5.96 Å². The van der Waals surface area contributed by atoms with Crippen LogP contribution in [-0.4, -0.2) is 49.6 Å². The summed E-state index contributed by atoms with van der Waals surface area (Å²) >= 11 is 0.